The zero-order valence-electron chi connectivity index (χ0n) is 15.1. The summed E-state index contributed by atoms with van der Waals surface area (Å²) < 4.78 is 5.50. The minimum Gasteiger partial charge on any atom is -0.462 e. The molecule has 0 aromatic heterocycles. The van der Waals surface area contributed by atoms with Crippen LogP contribution in [-0.2, 0) is 9.53 Å². The molecule has 2 fully saturated rings. The lowest BCUT2D eigenvalue weighted by Crippen LogP contribution is -2.24. The Morgan fingerprint density at radius 2 is 1.39 bits per heavy atom. The Hall–Kier alpha value is -0.790. The zero-order chi connectivity index (χ0) is 16.5. The third-order valence-corrected chi connectivity index (χ3v) is 6.05. The Balaban J connectivity index is 1.56. The van der Waals surface area contributed by atoms with Crippen LogP contribution in [0.1, 0.15) is 90.4 Å². The Morgan fingerprint density at radius 1 is 0.913 bits per heavy atom. The number of ether oxygens (including phenoxy) is 1. The fraction of sp³-hybridized carbons (Fsp3) is 0.857. The molecule has 0 unspecified atom stereocenters. The second kappa shape index (κ2) is 10.2. The van der Waals surface area contributed by atoms with Crippen molar-refractivity contribution in [1.82, 2.24) is 0 Å². The first-order chi connectivity index (χ1) is 11.2. The summed E-state index contributed by atoms with van der Waals surface area (Å²) in [6, 6.07) is 0. The summed E-state index contributed by atoms with van der Waals surface area (Å²) in [5, 5.41) is 0. The summed E-state index contributed by atoms with van der Waals surface area (Å²) in [6.45, 7) is 5.91. The Bertz CT molecular complexity index is 347. The maximum Gasteiger partial charge on any atom is 0.309 e. The van der Waals surface area contributed by atoms with E-state index >= 15 is 0 Å². The zero-order valence-corrected chi connectivity index (χ0v) is 15.1. The van der Waals surface area contributed by atoms with Crippen molar-refractivity contribution in [2.75, 3.05) is 0 Å². The first kappa shape index (κ1) is 18.5. The molecule has 0 aromatic rings. The summed E-state index contributed by atoms with van der Waals surface area (Å²) in [5.74, 6) is 2.79. The van der Waals surface area contributed by atoms with Crippen LogP contribution in [0.5, 0.6) is 0 Å². The lowest BCUT2D eigenvalue weighted by molar-refractivity contribution is -0.149. The summed E-state index contributed by atoms with van der Waals surface area (Å²) in [5.41, 5.74) is 0. The van der Waals surface area contributed by atoms with Crippen LogP contribution in [0.3, 0.4) is 0 Å². The molecule has 0 N–H and O–H groups in total. The van der Waals surface area contributed by atoms with Gasteiger partial charge in [-0.2, -0.15) is 0 Å². The molecule has 2 saturated carbocycles. The number of carbonyl (C=O) groups excluding carboxylic acids is 1. The molecule has 2 aliphatic carbocycles. The number of hydrogen-bond acceptors (Lipinski definition) is 2. The SMILES string of the molecule is C=CCC(=O)OC1CCC(CCC2CCC(CCC)CC2)CC1. The fourth-order valence-corrected chi connectivity index (χ4v) is 4.58. The van der Waals surface area contributed by atoms with E-state index in [9.17, 15) is 4.79 Å². The summed E-state index contributed by atoms with van der Waals surface area (Å²) in [7, 11) is 0. The maximum atomic E-state index is 11.5. The molecule has 2 rings (SSSR count). The van der Waals surface area contributed by atoms with E-state index in [4.69, 9.17) is 4.74 Å². The molecule has 2 aliphatic rings. The summed E-state index contributed by atoms with van der Waals surface area (Å²) in [6.07, 6.45) is 18.3. The van der Waals surface area contributed by atoms with E-state index in [1.165, 1.54) is 64.2 Å². The third-order valence-electron chi connectivity index (χ3n) is 6.05. The topological polar surface area (TPSA) is 26.3 Å². The third kappa shape index (κ3) is 6.69. The van der Waals surface area contributed by atoms with Crippen LogP contribution in [0.4, 0.5) is 0 Å². The highest BCUT2D eigenvalue weighted by molar-refractivity contribution is 5.71. The van der Waals surface area contributed by atoms with Gasteiger partial charge < -0.3 is 4.74 Å². The van der Waals surface area contributed by atoms with Crippen LogP contribution >= 0.6 is 0 Å². The standard InChI is InChI=1S/C21H36O2/c1-3-5-17-7-9-18(10-8-17)11-12-19-13-15-20(16-14-19)23-21(22)6-4-2/h4,17-20H,2-3,5-16H2,1H3. The molecule has 0 radical (unpaired) electrons. The number of carbonyl (C=O) groups is 1. The van der Waals surface area contributed by atoms with Crippen LogP contribution in [0.2, 0.25) is 0 Å². The molecule has 0 spiro atoms. The van der Waals surface area contributed by atoms with Crippen molar-refractivity contribution in [3.05, 3.63) is 12.7 Å². The van der Waals surface area contributed by atoms with Crippen LogP contribution in [0.15, 0.2) is 12.7 Å². The van der Waals surface area contributed by atoms with Gasteiger partial charge in [-0.15, -0.1) is 6.58 Å². The number of rotatable bonds is 8. The van der Waals surface area contributed by atoms with Gasteiger partial charge in [0.05, 0.1) is 6.42 Å². The highest BCUT2D eigenvalue weighted by Gasteiger charge is 2.25. The van der Waals surface area contributed by atoms with Gasteiger partial charge in [0.25, 0.3) is 0 Å². The molecule has 0 bridgehead atoms. The molecule has 132 valence electrons. The lowest BCUT2D eigenvalue weighted by atomic mass is 9.76. The molecule has 2 heteroatoms. The maximum absolute atomic E-state index is 11.5. The van der Waals surface area contributed by atoms with Crippen molar-refractivity contribution >= 4 is 5.97 Å². The van der Waals surface area contributed by atoms with Crippen molar-refractivity contribution in [3.8, 4) is 0 Å². The minimum absolute atomic E-state index is 0.104. The van der Waals surface area contributed by atoms with Gasteiger partial charge in [-0.05, 0) is 43.4 Å². The molecule has 0 atom stereocenters. The van der Waals surface area contributed by atoms with Gasteiger partial charge in [-0.3, -0.25) is 4.79 Å². The Morgan fingerprint density at radius 3 is 1.87 bits per heavy atom. The molecule has 0 aliphatic heterocycles. The normalized spacial score (nSPS) is 31.5. The number of esters is 1. The molecular formula is C21H36O2. The van der Waals surface area contributed by atoms with Gasteiger partial charge in [0, 0.05) is 0 Å². The minimum atomic E-state index is -0.104. The number of hydrogen-bond donors (Lipinski definition) is 0. The average Bonchev–Trinajstić information content (AvgIpc) is 2.56. The Labute approximate surface area is 143 Å². The van der Waals surface area contributed by atoms with Gasteiger partial charge in [0.15, 0.2) is 0 Å². The molecule has 23 heavy (non-hydrogen) atoms. The van der Waals surface area contributed by atoms with Crippen LogP contribution in [-0.4, -0.2) is 12.1 Å². The average molecular weight is 321 g/mol. The van der Waals surface area contributed by atoms with Crippen molar-refractivity contribution in [3.63, 3.8) is 0 Å². The molecule has 2 nitrogen and oxygen atoms in total. The van der Waals surface area contributed by atoms with Gasteiger partial charge in [-0.25, -0.2) is 0 Å². The molecule has 0 aromatic carbocycles. The van der Waals surface area contributed by atoms with E-state index in [1.807, 2.05) is 0 Å². The van der Waals surface area contributed by atoms with Gasteiger partial charge >= 0.3 is 5.97 Å². The summed E-state index contributed by atoms with van der Waals surface area (Å²) in [4.78, 5) is 11.5. The molecule has 0 saturated heterocycles. The van der Waals surface area contributed by atoms with E-state index in [-0.39, 0.29) is 12.1 Å². The smallest absolute Gasteiger partial charge is 0.309 e. The monoisotopic (exact) mass is 320 g/mol. The van der Waals surface area contributed by atoms with E-state index in [1.54, 1.807) is 6.08 Å². The lowest BCUT2D eigenvalue weighted by Gasteiger charge is -2.31. The van der Waals surface area contributed by atoms with Crippen LogP contribution < -0.4 is 0 Å². The highest BCUT2D eigenvalue weighted by Crippen LogP contribution is 2.36. The van der Waals surface area contributed by atoms with Crippen LogP contribution in [0.25, 0.3) is 0 Å². The fourth-order valence-electron chi connectivity index (χ4n) is 4.58. The van der Waals surface area contributed by atoms with Crippen molar-refractivity contribution in [1.29, 1.82) is 0 Å². The van der Waals surface area contributed by atoms with Crippen molar-refractivity contribution in [2.45, 2.75) is 96.5 Å². The summed E-state index contributed by atoms with van der Waals surface area (Å²) >= 11 is 0. The van der Waals surface area contributed by atoms with Gasteiger partial charge in [-0.1, -0.05) is 64.4 Å². The van der Waals surface area contributed by atoms with Crippen molar-refractivity contribution in [2.24, 2.45) is 17.8 Å². The second-order valence-corrected chi connectivity index (χ2v) is 7.88. The molecular weight excluding hydrogens is 284 g/mol. The highest BCUT2D eigenvalue weighted by atomic mass is 16.5. The van der Waals surface area contributed by atoms with E-state index in [0.29, 0.717) is 6.42 Å². The van der Waals surface area contributed by atoms with Gasteiger partial charge in [0.1, 0.15) is 6.10 Å². The van der Waals surface area contributed by atoms with Crippen molar-refractivity contribution < 1.29 is 9.53 Å². The van der Waals surface area contributed by atoms with E-state index in [2.05, 4.69) is 13.5 Å². The second-order valence-electron chi connectivity index (χ2n) is 7.88. The van der Waals surface area contributed by atoms with Gasteiger partial charge in [0.2, 0.25) is 0 Å². The largest absolute Gasteiger partial charge is 0.462 e. The van der Waals surface area contributed by atoms with E-state index in [0.717, 1.165) is 30.6 Å². The predicted octanol–water partition coefficient (Wildman–Crippen LogP) is 6.05. The van der Waals surface area contributed by atoms with Crippen LogP contribution in [0, 0.1) is 17.8 Å². The Kier molecular flexibility index (Phi) is 8.19. The molecule has 0 heterocycles. The van der Waals surface area contributed by atoms with E-state index < -0.39 is 0 Å². The first-order valence-corrected chi connectivity index (χ1v) is 10.0. The predicted molar refractivity (Wildman–Crippen MR) is 96.2 cm³/mol. The molecule has 0 amide bonds. The quantitative estimate of drug-likeness (QED) is 0.402. The first-order valence-electron chi connectivity index (χ1n) is 10.0.